The Morgan fingerprint density at radius 2 is 1.81 bits per heavy atom. The maximum absolute atomic E-state index is 12.6. The van der Waals surface area contributed by atoms with Crippen molar-refractivity contribution in [2.24, 2.45) is 7.05 Å². The Balaban J connectivity index is 1.99. The Labute approximate surface area is 154 Å². The van der Waals surface area contributed by atoms with Crippen LogP contribution in [0, 0.1) is 0 Å². The summed E-state index contributed by atoms with van der Waals surface area (Å²) in [6.07, 6.45) is 0. The summed E-state index contributed by atoms with van der Waals surface area (Å²) in [4.78, 5) is 37.4. The van der Waals surface area contributed by atoms with Gasteiger partial charge in [0.2, 0.25) is 5.91 Å². The van der Waals surface area contributed by atoms with Crippen LogP contribution in [0.3, 0.4) is 0 Å². The number of hydrogen-bond acceptors (Lipinski definition) is 5. The molecule has 3 rings (SSSR count). The number of amides is 1. The average molecular weight is 369 g/mol. The number of anilines is 1. The normalized spacial score (nSPS) is 10.6. The standard InChI is InChI=1S/C19H19N3O5/c1-21-18(24)13-6-4-5-7-15(13)22(19(21)25)11-17(23)20-14-10-12(26-2)8-9-16(14)27-3/h4-10H,11H2,1-3H3,(H,20,23). The third-order valence-corrected chi connectivity index (χ3v) is 4.23. The minimum atomic E-state index is -0.563. The van der Waals surface area contributed by atoms with Crippen molar-refractivity contribution >= 4 is 22.5 Å². The average Bonchev–Trinajstić information content (AvgIpc) is 2.69. The zero-order valence-corrected chi connectivity index (χ0v) is 15.2. The molecule has 8 heteroatoms. The van der Waals surface area contributed by atoms with Crippen LogP contribution in [0.25, 0.3) is 10.9 Å². The van der Waals surface area contributed by atoms with Gasteiger partial charge in [0.05, 0.1) is 30.8 Å². The van der Waals surface area contributed by atoms with Crippen molar-refractivity contribution in [1.29, 1.82) is 0 Å². The number of aromatic nitrogens is 2. The van der Waals surface area contributed by atoms with Gasteiger partial charge in [0.15, 0.2) is 0 Å². The number of benzene rings is 2. The maximum atomic E-state index is 12.6. The second-order valence-corrected chi connectivity index (χ2v) is 5.86. The van der Waals surface area contributed by atoms with Gasteiger partial charge in [-0.05, 0) is 24.3 Å². The lowest BCUT2D eigenvalue weighted by molar-refractivity contribution is -0.116. The number of nitrogens with zero attached hydrogens (tertiary/aromatic N) is 2. The monoisotopic (exact) mass is 369 g/mol. The highest BCUT2D eigenvalue weighted by atomic mass is 16.5. The van der Waals surface area contributed by atoms with E-state index in [1.165, 1.54) is 25.8 Å². The highest BCUT2D eigenvalue weighted by Crippen LogP contribution is 2.28. The molecular weight excluding hydrogens is 350 g/mol. The van der Waals surface area contributed by atoms with Crippen LogP contribution in [-0.4, -0.2) is 29.3 Å². The summed E-state index contributed by atoms with van der Waals surface area (Å²) in [5.74, 6) is 0.574. The summed E-state index contributed by atoms with van der Waals surface area (Å²) in [6, 6.07) is 11.7. The first-order valence-corrected chi connectivity index (χ1v) is 8.16. The van der Waals surface area contributed by atoms with Crippen LogP contribution in [0.15, 0.2) is 52.1 Å². The van der Waals surface area contributed by atoms with Crippen LogP contribution in [0.1, 0.15) is 0 Å². The number of nitrogens with one attached hydrogen (secondary N) is 1. The van der Waals surface area contributed by atoms with Crippen LogP contribution < -0.4 is 26.0 Å². The fourth-order valence-electron chi connectivity index (χ4n) is 2.84. The quantitative estimate of drug-likeness (QED) is 0.733. The van der Waals surface area contributed by atoms with Crippen LogP contribution in [0.5, 0.6) is 11.5 Å². The Morgan fingerprint density at radius 3 is 2.52 bits per heavy atom. The van der Waals surface area contributed by atoms with Gasteiger partial charge in [0.1, 0.15) is 18.0 Å². The van der Waals surface area contributed by atoms with E-state index in [1.54, 1.807) is 42.5 Å². The van der Waals surface area contributed by atoms with Gasteiger partial charge >= 0.3 is 5.69 Å². The highest BCUT2D eigenvalue weighted by Gasteiger charge is 2.15. The van der Waals surface area contributed by atoms with Gasteiger partial charge in [-0.1, -0.05) is 12.1 Å². The van der Waals surface area contributed by atoms with E-state index < -0.39 is 17.2 Å². The van der Waals surface area contributed by atoms with E-state index in [9.17, 15) is 14.4 Å². The topological polar surface area (TPSA) is 91.6 Å². The molecule has 0 fully saturated rings. The lowest BCUT2D eigenvalue weighted by atomic mass is 10.2. The molecule has 0 unspecified atom stereocenters. The summed E-state index contributed by atoms with van der Waals surface area (Å²) in [7, 11) is 4.39. The number of para-hydroxylation sites is 1. The van der Waals surface area contributed by atoms with E-state index in [-0.39, 0.29) is 6.54 Å². The number of methoxy groups -OCH3 is 2. The Bertz CT molecular complexity index is 1130. The lowest BCUT2D eigenvalue weighted by Crippen LogP contribution is -2.40. The van der Waals surface area contributed by atoms with Crippen molar-refractivity contribution in [2.75, 3.05) is 19.5 Å². The number of rotatable bonds is 5. The Morgan fingerprint density at radius 1 is 1.07 bits per heavy atom. The molecule has 0 spiro atoms. The van der Waals surface area contributed by atoms with Crippen molar-refractivity contribution in [3.8, 4) is 11.5 Å². The molecule has 0 aliphatic rings. The third-order valence-electron chi connectivity index (χ3n) is 4.23. The van der Waals surface area contributed by atoms with E-state index in [2.05, 4.69) is 5.32 Å². The molecule has 0 radical (unpaired) electrons. The van der Waals surface area contributed by atoms with Crippen molar-refractivity contribution in [2.45, 2.75) is 6.54 Å². The number of fused-ring (bicyclic) bond motifs is 1. The molecule has 0 saturated carbocycles. The minimum absolute atomic E-state index is 0.256. The highest BCUT2D eigenvalue weighted by molar-refractivity contribution is 5.93. The van der Waals surface area contributed by atoms with Crippen LogP contribution in [0.2, 0.25) is 0 Å². The molecule has 1 aromatic heterocycles. The van der Waals surface area contributed by atoms with Gasteiger partial charge in [0.25, 0.3) is 5.56 Å². The smallest absolute Gasteiger partial charge is 0.331 e. The molecule has 0 atom stereocenters. The molecule has 1 N–H and O–H groups in total. The molecule has 0 aliphatic heterocycles. The molecule has 3 aromatic rings. The predicted octanol–water partition coefficient (Wildman–Crippen LogP) is 1.36. The second-order valence-electron chi connectivity index (χ2n) is 5.86. The molecule has 0 saturated heterocycles. The zero-order chi connectivity index (χ0) is 19.6. The van der Waals surface area contributed by atoms with Gasteiger partial charge in [0, 0.05) is 13.1 Å². The fraction of sp³-hybridized carbons (Fsp3) is 0.211. The predicted molar refractivity (Wildman–Crippen MR) is 102 cm³/mol. The van der Waals surface area contributed by atoms with Crippen LogP contribution in [-0.2, 0) is 18.4 Å². The van der Waals surface area contributed by atoms with Crippen molar-refractivity contribution < 1.29 is 14.3 Å². The van der Waals surface area contributed by atoms with Crippen molar-refractivity contribution in [3.63, 3.8) is 0 Å². The van der Waals surface area contributed by atoms with Gasteiger partial charge in [-0.25, -0.2) is 4.79 Å². The molecule has 140 valence electrons. The Hall–Kier alpha value is -3.55. The summed E-state index contributed by atoms with van der Waals surface area (Å²) >= 11 is 0. The van der Waals surface area contributed by atoms with E-state index in [0.717, 1.165) is 4.57 Å². The number of carbonyl (C=O) groups excluding carboxylic acids is 1. The number of hydrogen-bond donors (Lipinski definition) is 1. The van der Waals surface area contributed by atoms with Gasteiger partial charge in [-0.2, -0.15) is 0 Å². The summed E-state index contributed by atoms with van der Waals surface area (Å²) < 4.78 is 12.7. The molecule has 0 aliphatic carbocycles. The maximum Gasteiger partial charge on any atom is 0.331 e. The minimum Gasteiger partial charge on any atom is -0.497 e. The van der Waals surface area contributed by atoms with E-state index in [4.69, 9.17) is 9.47 Å². The molecule has 8 nitrogen and oxygen atoms in total. The lowest BCUT2D eigenvalue weighted by Gasteiger charge is -2.14. The number of carbonyl (C=O) groups is 1. The van der Waals surface area contributed by atoms with E-state index in [1.807, 2.05) is 0 Å². The molecule has 27 heavy (non-hydrogen) atoms. The van der Waals surface area contributed by atoms with Crippen LogP contribution in [0.4, 0.5) is 5.69 Å². The molecular formula is C19H19N3O5. The fourth-order valence-corrected chi connectivity index (χ4v) is 2.84. The molecule has 1 amide bonds. The van der Waals surface area contributed by atoms with Crippen molar-refractivity contribution in [3.05, 3.63) is 63.3 Å². The largest absolute Gasteiger partial charge is 0.497 e. The Kier molecular flexibility index (Phi) is 4.98. The molecule has 1 heterocycles. The molecule has 0 bridgehead atoms. The summed E-state index contributed by atoms with van der Waals surface area (Å²) in [5, 5.41) is 3.09. The third kappa shape index (κ3) is 3.41. The van der Waals surface area contributed by atoms with Crippen molar-refractivity contribution in [1.82, 2.24) is 9.13 Å². The first kappa shape index (κ1) is 18.2. The SMILES string of the molecule is COc1ccc(OC)c(NC(=O)Cn2c(=O)n(C)c(=O)c3ccccc32)c1. The summed E-state index contributed by atoms with van der Waals surface area (Å²) in [6.45, 7) is -0.256. The second kappa shape index (κ2) is 7.36. The van der Waals surface area contributed by atoms with Crippen LogP contribution >= 0.6 is 0 Å². The van der Waals surface area contributed by atoms with Gasteiger partial charge in [-0.15, -0.1) is 0 Å². The zero-order valence-electron chi connectivity index (χ0n) is 15.2. The van der Waals surface area contributed by atoms with E-state index >= 15 is 0 Å². The first-order chi connectivity index (χ1) is 13.0. The van der Waals surface area contributed by atoms with Gasteiger partial charge < -0.3 is 14.8 Å². The van der Waals surface area contributed by atoms with Gasteiger partial charge in [-0.3, -0.25) is 18.7 Å². The summed E-state index contributed by atoms with van der Waals surface area (Å²) in [5.41, 5.74) is -0.143. The number of ether oxygens (including phenoxy) is 2. The first-order valence-electron chi connectivity index (χ1n) is 8.16. The van der Waals surface area contributed by atoms with E-state index in [0.29, 0.717) is 28.1 Å². The molecule has 2 aromatic carbocycles.